The van der Waals surface area contributed by atoms with Crippen LogP contribution in [0.15, 0.2) is 24.3 Å². The number of hydrogen-bond donors (Lipinski definition) is 6. The van der Waals surface area contributed by atoms with Crippen LogP contribution in [0.4, 0.5) is 0 Å². The van der Waals surface area contributed by atoms with Crippen molar-refractivity contribution in [2.75, 3.05) is 6.61 Å². The zero-order valence-electron chi connectivity index (χ0n) is 12.4. The number of aliphatic hydroxyl groups excluding tert-OH is 4. The first-order valence-electron chi connectivity index (χ1n) is 7.04. The van der Waals surface area contributed by atoms with Gasteiger partial charge in [0.1, 0.15) is 18.3 Å². The van der Waals surface area contributed by atoms with Crippen molar-refractivity contribution < 1.29 is 44.9 Å². The summed E-state index contributed by atoms with van der Waals surface area (Å²) >= 11 is 0. The number of ether oxygens (including phenoxy) is 2. The van der Waals surface area contributed by atoms with E-state index in [0.29, 0.717) is 5.56 Å². The van der Waals surface area contributed by atoms with Gasteiger partial charge in [0.15, 0.2) is 23.9 Å². The molecule has 1 aliphatic heterocycles. The number of esters is 1. The second-order valence-electron chi connectivity index (χ2n) is 5.21. The first-order valence-corrected chi connectivity index (χ1v) is 7.04. The summed E-state index contributed by atoms with van der Waals surface area (Å²) in [6.07, 6.45) is -5.38. The molecule has 1 aromatic rings. The quantitative estimate of drug-likeness (QED) is 0.217. The van der Waals surface area contributed by atoms with Crippen LogP contribution < -0.4 is 0 Å². The number of aromatic hydroxyl groups is 2. The number of carbonyl (C=O) groups excluding carboxylic acids is 1. The lowest BCUT2D eigenvalue weighted by Crippen LogP contribution is -2.59. The van der Waals surface area contributed by atoms with Gasteiger partial charge in [0, 0.05) is 6.08 Å². The predicted octanol–water partition coefficient (Wildman–Crippen LogP) is -1.55. The van der Waals surface area contributed by atoms with Gasteiger partial charge >= 0.3 is 5.97 Å². The van der Waals surface area contributed by atoms with Crippen molar-refractivity contribution in [3.63, 3.8) is 0 Å². The Hall–Kier alpha value is -2.17. The molecule has 0 bridgehead atoms. The first kappa shape index (κ1) is 18.2. The lowest BCUT2D eigenvalue weighted by molar-refractivity contribution is -0.289. The van der Waals surface area contributed by atoms with E-state index in [2.05, 4.69) is 0 Å². The highest BCUT2D eigenvalue weighted by Crippen LogP contribution is 2.26. The Morgan fingerprint density at radius 1 is 1.17 bits per heavy atom. The monoisotopic (exact) mass is 342 g/mol. The van der Waals surface area contributed by atoms with Crippen LogP contribution >= 0.6 is 0 Å². The number of benzene rings is 1. The maximum Gasteiger partial charge on any atom is 0.331 e. The van der Waals surface area contributed by atoms with E-state index in [-0.39, 0.29) is 11.5 Å². The average molecular weight is 342 g/mol. The molecule has 1 saturated heterocycles. The van der Waals surface area contributed by atoms with Crippen molar-refractivity contribution >= 4 is 12.0 Å². The number of hydrogen-bond acceptors (Lipinski definition) is 9. The Bertz CT molecular complexity index is 615. The zero-order chi connectivity index (χ0) is 17.9. The van der Waals surface area contributed by atoms with Gasteiger partial charge in [-0.25, -0.2) is 4.79 Å². The summed E-state index contributed by atoms with van der Waals surface area (Å²) in [5.41, 5.74) is 0.392. The molecular formula is C15H18O9. The fourth-order valence-electron chi connectivity index (χ4n) is 2.19. The van der Waals surface area contributed by atoms with Crippen molar-refractivity contribution in [2.45, 2.75) is 30.7 Å². The van der Waals surface area contributed by atoms with Crippen LogP contribution in [-0.2, 0) is 14.3 Å². The molecule has 1 heterocycles. The average Bonchev–Trinajstić information content (AvgIpc) is 2.56. The summed E-state index contributed by atoms with van der Waals surface area (Å²) in [4.78, 5) is 11.8. The van der Waals surface area contributed by atoms with Gasteiger partial charge in [0.25, 0.3) is 0 Å². The fourth-order valence-corrected chi connectivity index (χ4v) is 2.19. The summed E-state index contributed by atoms with van der Waals surface area (Å²) in [5, 5.41) is 56.7. The van der Waals surface area contributed by atoms with Crippen LogP contribution in [0.2, 0.25) is 0 Å². The van der Waals surface area contributed by atoms with E-state index in [1.165, 1.54) is 24.3 Å². The van der Waals surface area contributed by atoms with E-state index >= 15 is 0 Å². The van der Waals surface area contributed by atoms with E-state index in [0.717, 1.165) is 6.08 Å². The SMILES string of the molecule is O=C(/C=C/c1ccc(O)c(O)c1)O[C@@H]1[C@@H](O)[C@H](O)O[C@H](CO)[C@@H]1O. The normalized spacial score (nSPS) is 30.4. The van der Waals surface area contributed by atoms with Crippen molar-refractivity contribution in [1.29, 1.82) is 0 Å². The molecule has 1 aliphatic rings. The van der Waals surface area contributed by atoms with E-state index in [1.807, 2.05) is 0 Å². The molecule has 0 aromatic heterocycles. The minimum Gasteiger partial charge on any atom is -0.504 e. The van der Waals surface area contributed by atoms with Gasteiger partial charge in [0.2, 0.25) is 0 Å². The fraction of sp³-hybridized carbons (Fsp3) is 0.400. The maximum absolute atomic E-state index is 11.8. The van der Waals surface area contributed by atoms with Crippen LogP contribution in [0.5, 0.6) is 11.5 Å². The Morgan fingerprint density at radius 3 is 2.50 bits per heavy atom. The maximum atomic E-state index is 11.8. The Labute approximate surface area is 136 Å². The van der Waals surface area contributed by atoms with Crippen LogP contribution in [-0.4, -0.2) is 73.9 Å². The van der Waals surface area contributed by atoms with Crippen LogP contribution in [0.3, 0.4) is 0 Å². The number of rotatable bonds is 4. The standard InChI is InChI=1S/C15H18O9/c16-6-10-12(20)14(13(21)15(22)23-10)24-11(19)4-2-7-1-3-8(17)9(18)5-7/h1-5,10,12-18,20-22H,6H2/b4-2+/t10-,12+,13-,14+,15-/m1/s1. The van der Waals surface area contributed by atoms with Crippen molar-refractivity contribution in [3.8, 4) is 11.5 Å². The van der Waals surface area contributed by atoms with Crippen LogP contribution in [0.1, 0.15) is 5.56 Å². The molecule has 1 aromatic carbocycles. The second kappa shape index (κ2) is 7.60. The third-order valence-electron chi connectivity index (χ3n) is 3.50. The molecule has 1 fully saturated rings. The molecule has 0 saturated carbocycles. The molecule has 5 atom stereocenters. The molecule has 2 rings (SSSR count). The minimum absolute atomic E-state index is 0.313. The highest BCUT2D eigenvalue weighted by Gasteiger charge is 2.45. The number of carbonyl (C=O) groups is 1. The van der Waals surface area contributed by atoms with E-state index in [1.54, 1.807) is 0 Å². The predicted molar refractivity (Wildman–Crippen MR) is 78.7 cm³/mol. The summed E-state index contributed by atoms with van der Waals surface area (Å²) in [6.45, 7) is -0.637. The van der Waals surface area contributed by atoms with Gasteiger partial charge < -0.3 is 40.1 Å². The second-order valence-corrected chi connectivity index (χ2v) is 5.21. The molecule has 0 radical (unpaired) electrons. The van der Waals surface area contributed by atoms with Crippen molar-refractivity contribution in [2.24, 2.45) is 0 Å². The molecule has 0 amide bonds. The number of aliphatic hydroxyl groups is 4. The summed E-state index contributed by atoms with van der Waals surface area (Å²) in [7, 11) is 0. The minimum atomic E-state index is -1.72. The zero-order valence-corrected chi connectivity index (χ0v) is 12.4. The van der Waals surface area contributed by atoms with E-state index in [9.17, 15) is 30.3 Å². The van der Waals surface area contributed by atoms with Gasteiger partial charge in [-0.1, -0.05) is 6.07 Å². The number of phenols is 2. The molecule has 9 nitrogen and oxygen atoms in total. The molecule has 6 N–H and O–H groups in total. The molecule has 0 aliphatic carbocycles. The molecule has 132 valence electrons. The number of phenolic OH excluding ortho intramolecular Hbond substituents is 2. The molecule has 9 heteroatoms. The van der Waals surface area contributed by atoms with Crippen LogP contribution in [0, 0.1) is 0 Å². The lowest BCUT2D eigenvalue weighted by Gasteiger charge is -2.39. The Balaban J connectivity index is 2.04. The molecular weight excluding hydrogens is 324 g/mol. The Kier molecular flexibility index (Phi) is 5.75. The van der Waals surface area contributed by atoms with Gasteiger partial charge in [-0.3, -0.25) is 0 Å². The summed E-state index contributed by atoms with van der Waals surface area (Å²) in [5.74, 6) is -1.61. The largest absolute Gasteiger partial charge is 0.504 e. The smallest absolute Gasteiger partial charge is 0.331 e. The van der Waals surface area contributed by atoms with Crippen molar-refractivity contribution in [1.82, 2.24) is 0 Å². The Morgan fingerprint density at radius 2 is 1.88 bits per heavy atom. The third kappa shape index (κ3) is 4.02. The van der Waals surface area contributed by atoms with Crippen LogP contribution in [0.25, 0.3) is 6.08 Å². The van der Waals surface area contributed by atoms with Gasteiger partial charge in [-0.15, -0.1) is 0 Å². The molecule has 0 spiro atoms. The molecule has 24 heavy (non-hydrogen) atoms. The van der Waals surface area contributed by atoms with Gasteiger partial charge in [-0.05, 0) is 23.8 Å². The van der Waals surface area contributed by atoms with E-state index < -0.39 is 43.3 Å². The highest BCUT2D eigenvalue weighted by molar-refractivity contribution is 5.87. The summed E-state index contributed by atoms with van der Waals surface area (Å²) < 4.78 is 9.68. The van der Waals surface area contributed by atoms with Gasteiger partial charge in [0.05, 0.1) is 6.61 Å². The van der Waals surface area contributed by atoms with E-state index in [4.69, 9.17) is 14.6 Å². The highest BCUT2D eigenvalue weighted by atomic mass is 16.7. The molecule has 0 unspecified atom stereocenters. The first-order chi connectivity index (χ1) is 11.3. The third-order valence-corrected chi connectivity index (χ3v) is 3.50. The topological polar surface area (TPSA) is 157 Å². The van der Waals surface area contributed by atoms with Gasteiger partial charge in [-0.2, -0.15) is 0 Å². The summed E-state index contributed by atoms with van der Waals surface area (Å²) in [6, 6.07) is 3.87. The van der Waals surface area contributed by atoms with Crippen molar-refractivity contribution in [3.05, 3.63) is 29.8 Å². The lowest BCUT2D eigenvalue weighted by atomic mass is 9.99.